The molecule has 0 bridgehead atoms. The van der Waals surface area contributed by atoms with Crippen molar-refractivity contribution in [3.05, 3.63) is 29.3 Å². The van der Waals surface area contributed by atoms with Gasteiger partial charge in [-0.05, 0) is 23.3 Å². The van der Waals surface area contributed by atoms with E-state index in [0.717, 1.165) is 24.2 Å². The van der Waals surface area contributed by atoms with Crippen molar-refractivity contribution < 1.29 is 17.9 Å². The van der Waals surface area contributed by atoms with Gasteiger partial charge in [0.25, 0.3) is 0 Å². The molecule has 2 aliphatic heterocycles. The van der Waals surface area contributed by atoms with Crippen molar-refractivity contribution in [3.63, 3.8) is 0 Å². The number of ether oxygens (including phenoxy) is 1. The molecule has 1 aromatic rings. The van der Waals surface area contributed by atoms with Gasteiger partial charge in [-0.15, -0.1) is 0 Å². The Kier molecular flexibility index (Phi) is 4.44. The van der Waals surface area contributed by atoms with Gasteiger partial charge in [0.05, 0.1) is 24.7 Å². The molecule has 22 heavy (non-hydrogen) atoms. The lowest BCUT2D eigenvalue weighted by Crippen LogP contribution is -2.49. The highest BCUT2D eigenvalue weighted by atomic mass is 32.2. The molecular weight excluding hydrogens is 306 g/mol. The first-order valence-electron chi connectivity index (χ1n) is 7.24. The van der Waals surface area contributed by atoms with Gasteiger partial charge in [-0.25, -0.2) is 13.1 Å². The molecule has 0 atom stereocenters. The number of fused-ring (bicyclic) bond motifs is 1. The molecule has 1 fully saturated rings. The maximum absolute atomic E-state index is 12.3. The molecule has 0 aliphatic carbocycles. The molecule has 2 N–H and O–H groups in total. The highest BCUT2D eigenvalue weighted by Gasteiger charge is 2.22. The summed E-state index contributed by atoms with van der Waals surface area (Å²) in [4.78, 5) is 13.8. The molecule has 0 unspecified atom stereocenters. The Bertz CT molecular complexity index is 669. The normalized spacial score (nSPS) is 18.3. The number of carbonyl (C=O) groups is 1. The van der Waals surface area contributed by atoms with Crippen LogP contribution in [0.3, 0.4) is 0 Å². The maximum atomic E-state index is 12.3. The molecule has 120 valence electrons. The molecule has 1 saturated heterocycles. The topological polar surface area (TPSA) is 87.7 Å². The van der Waals surface area contributed by atoms with E-state index >= 15 is 0 Å². The smallest absolute Gasteiger partial charge is 0.241 e. The molecule has 0 aromatic heterocycles. The number of nitrogens with one attached hydrogen (secondary N) is 2. The lowest BCUT2D eigenvalue weighted by molar-refractivity contribution is -0.130. The monoisotopic (exact) mass is 325 g/mol. The summed E-state index contributed by atoms with van der Waals surface area (Å²) in [6, 6.07) is 4.92. The van der Waals surface area contributed by atoms with Gasteiger partial charge >= 0.3 is 0 Å². The van der Waals surface area contributed by atoms with Crippen LogP contribution in [0, 0.1) is 0 Å². The third-order valence-corrected chi connectivity index (χ3v) is 5.29. The predicted octanol–water partition coefficient (Wildman–Crippen LogP) is -0.573. The Morgan fingerprint density at radius 3 is 2.73 bits per heavy atom. The first kappa shape index (κ1) is 15.4. The lowest BCUT2D eigenvalue weighted by atomic mass is 10.1. The molecule has 7 nitrogen and oxygen atoms in total. The quantitative estimate of drug-likeness (QED) is 0.774. The summed E-state index contributed by atoms with van der Waals surface area (Å²) in [7, 11) is -3.68. The van der Waals surface area contributed by atoms with Crippen molar-refractivity contribution in [2.45, 2.75) is 18.1 Å². The van der Waals surface area contributed by atoms with Gasteiger partial charge in [-0.3, -0.25) is 4.79 Å². The van der Waals surface area contributed by atoms with Crippen molar-refractivity contribution in [1.82, 2.24) is 14.9 Å². The number of piperazine rings is 1. The summed E-state index contributed by atoms with van der Waals surface area (Å²) in [5.41, 5.74) is 1.90. The van der Waals surface area contributed by atoms with Crippen LogP contribution < -0.4 is 10.0 Å². The second kappa shape index (κ2) is 6.33. The van der Waals surface area contributed by atoms with E-state index in [4.69, 9.17) is 4.74 Å². The minimum atomic E-state index is -3.68. The van der Waals surface area contributed by atoms with Gasteiger partial charge in [-0.2, -0.15) is 0 Å². The summed E-state index contributed by atoms with van der Waals surface area (Å²) in [6.45, 7) is 3.43. The minimum Gasteiger partial charge on any atom is -0.372 e. The Morgan fingerprint density at radius 1 is 1.23 bits per heavy atom. The number of sulfonamides is 1. The average Bonchev–Trinajstić information content (AvgIpc) is 3.01. The van der Waals surface area contributed by atoms with Crippen LogP contribution in [0.4, 0.5) is 0 Å². The molecule has 3 rings (SSSR count). The van der Waals surface area contributed by atoms with E-state index in [1.54, 1.807) is 23.1 Å². The number of nitrogens with zero attached hydrogens (tertiary/aromatic N) is 1. The van der Waals surface area contributed by atoms with Crippen molar-refractivity contribution in [1.29, 1.82) is 0 Å². The molecule has 0 saturated carbocycles. The fourth-order valence-electron chi connectivity index (χ4n) is 2.58. The average molecular weight is 325 g/mol. The van der Waals surface area contributed by atoms with E-state index in [9.17, 15) is 13.2 Å². The van der Waals surface area contributed by atoms with E-state index in [0.29, 0.717) is 26.3 Å². The SMILES string of the molecule is O=C(CNS(=O)(=O)c1ccc2c(c1)COC2)N1CCNCC1. The van der Waals surface area contributed by atoms with Crippen molar-refractivity contribution in [2.75, 3.05) is 32.7 Å². The number of amides is 1. The van der Waals surface area contributed by atoms with Crippen LogP contribution in [0.1, 0.15) is 11.1 Å². The molecule has 0 spiro atoms. The van der Waals surface area contributed by atoms with Gasteiger partial charge in [0, 0.05) is 26.2 Å². The van der Waals surface area contributed by atoms with Gasteiger partial charge in [0.15, 0.2) is 0 Å². The van der Waals surface area contributed by atoms with Gasteiger partial charge in [0.2, 0.25) is 15.9 Å². The second-order valence-corrected chi connectivity index (χ2v) is 7.15. The fourth-order valence-corrected chi connectivity index (χ4v) is 3.61. The maximum Gasteiger partial charge on any atom is 0.241 e. The molecule has 2 aliphatic rings. The van der Waals surface area contributed by atoms with Gasteiger partial charge in [0.1, 0.15) is 0 Å². The zero-order chi connectivity index (χ0) is 15.6. The molecule has 2 heterocycles. The zero-order valence-corrected chi connectivity index (χ0v) is 13.0. The van der Waals surface area contributed by atoms with Crippen molar-refractivity contribution in [3.8, 4) is 0 Å². The van der Waals surface area contributed by atoms with Crippen LogP contribution in [0.2, 0.25) is 0 Å². The standard InChI is InChI=1S/C14H19N3O4S/c18-14(17-5-3-15-4-6-17)8-16-22(19,20)13-2-1-11-9-21-10-12(11)7-13/h1-2,7,15-16H,3-6,8-10H2. The highest BCUT2D eigenvalue weighted by molar-refractivity contribution is 7.89. The summed E-state index contributed by atoms with van der Waals surface area (Å²) < 4.78 is 32.2. The summed E-state index contributed by atoms with van der Waals surface area (Å²) >= 11 is 0. The van der Waals surface area contributed by atoms with Crippen LogP contribution in [0.5, 0.6) is 0 Å². The van der Waals surface area contributed by atoms with E-state index < -0.39 is 10.0 Å². The minimum absolute atomic E-state index is 0.171. The number of rotatable bonds is 4. The second-order valence-electron chi connectivity index (χ2n) is 5.38. The summed E-state index contributed by atoms with van der Waals surface area (Å²) in [6.07, 6.45) is 0. The van der Waals surface area contributed by atoms with E-state index in [1.165, 1.54) is 0 Å². The van der Waals surface area contributed by atoms with Crippen LogP contribution in [0.25, 0.3) is 0 Å². The first-order valence-corrected chi connectivity index (χ1v) is 8.72. The van der Waals surface area contributed by atoms with E-state index in [1.807, 2.05) is 0 Å². The third kappa shape index (κ3) is 3.30. The molecule has 8 heteroatoms. The fraction of sp³-hybridized carbons (Fsp3) is 0.500. The Labute approximate surface area is 129 Å². The lowest BCUT2D eigenvalue weighted by Gasteiger charge is -2.27. The zero-order valence-electron chi connectivity index (χ0n) is 12.2. The largest absolute Gasteiger partial charge is 0.372 e. The molecular formula is C14H19N3O4S. The van der Waals surface area contributed by atoms with E-state index in [2.05, 4.69) is 10.0 Å². The van der Waals surface area contributed by atoms with Crippen molar-refractivity contribution in [2.24, 2.45) is 0 Å². The van der Waals surface area contributed by atoms with Crippen LogP contribution in [0.15, 0.2) is 23.1 Å². The number of carbonyl (C=O) groups excluding carboxylic acids is 1. The Morgan fingerprint density at radius 2 is 1.95 bits per heavy atom. The molecule has 1 aromatic carbocycles. The molecule has 0 radical (unpaired) electrons. The van der Waals surface area contributed by atoms with E-state index in [-0.39, 0.29) is 17.3 Å². The predicted molar refractivity (Wildman–Crippen MR) is 79.6 cm³/mol. The molecule has 1 amide bonds. The van der Waals surface area contributed by atoms with Gasteiger partial charge in [-0.1, -0.05) is 6.07 Å². The Hall–Kier alpha value is -1.48. The van der Waals surface area contributed by atoms with Crippen molar-refractivity contribution >= 4 is 15.9 Å². The van der Waals surface area contributed by atoms with Gasteiger partial charge < -0.3 is 15.0 Å². The van der Waals surface area contributed by atoms with Crippen LogP contribution >= 0.6 is 0 Å². The Balaban J connectivity index is 1.64. The number of hydrogen-bond donors (Lipinski definition) is 2. The third-order valence-electron chi connectivity index (χ3n) is 3.89. The van der Waals surface area contributed by atoms with Crippen LogP contribution in [-0.4, -0.2) is 51.9 Å². The van der Waals surface area contributed by atoms with Crippen LogP contribution in [-0.2, 0) is 32.8 Å². The summed E-state index contributed by atoms with van der Waals surface area (Å²) in [5.74, 6) is -0.199. The first-order chi connectivity index (χ1) is 10.6. The highest BCUT2D eigenvalue weighted by Crippen LogP contribution is 2.22. The number of benzene rings is 1. The summed E-state index contributed by atoms with van der Waals surface area (Å²) in [5, 5.41) is 3.15. The number of hydrogen-bond acceptors (Lipinski definition) is 5.